The van der Waals surface area contributed by atoms with Gasteiger partial charge in [-0.2, -0.15) is 0 Å². The molecule has 0 saturated heterocycles. The van der Waals surface area contributed by atoms with Crippen LogP contribution in [0.15, 0.2) is 24.3 Å². The highest BCUT2D eigenvalue weighted by atomic mass is 31.2. The number of nitrogen functional groups attached to an aromatic ring is 1. The van der Waals surface area contributed by atoms with E-state index >= 15 is 0 Å². The molecule has 0 heterocycles. The molecule has 0 saturated carbocycles. The van der Waals surface area contributed by atoms with Gasteiger partial charge in [0.15, 0.2) is 0 Å². The van der Waals surface area contributed by atoms with Crippen LogP contribution in [0, 0.1) is 0 Å². The van der Waals surface area contributed by atoms with Crippen LogP contribution in [0.2, 0.25) is 0 Å². The molecular weight excluding hydrogens is 272 g/mol. The average Bonchev–Trinajstić information content (AvgIpc) is 2.12. The molecule has 0 bridgehead atoms. The van der Waals surface area contributed by atoms with Crippen LogP contribution in [0.1, 0.15) is 5.56 Å². The standard InChI is InChI=1S/C7H11NO7P2/c8-6-3-1-2-5(4-6)7(9,16(10,11)12)17(13,14)15/h1-4,9H,8H2,(H2,10,11,12)(H2,13,14,15). The lowest BCUT2D eigenvalue weighted by atomic mass is 10.2. The monoisotopic (exact) mass is 283 g/mol. The minimum absolute atomic E-state index is 0.00262. The Kier molecular flexibility index (Phi) is 3.53. The summed E-state index contributed by atoms with van der Waals surface area (Å²) in [5.74, 6) is 0. The number of hydrogen-bond acceptors (Lipinski definition) is 4. The first-order valence-corrected chi connectivity index (χ1v) is 7.42. The lowest BCUT2D eigenvalue weighted by Gasteiger charge is -2.29. The molecule has 0 aliphatic carbocycles. The second-order valence-corrected chi connectivity index (χ2v) is 7.17. The molecule has 0 amide bonds. The van der Waals surface area contributed by atoms with Crippen LogP contribution in [-0.4, -0.2) is 24.7 Å². The molecule has 0 aromatic heterocycles. The van der Waals surface area contributed by atoms with E-state index in [0.717, 1.165) is 12.1 Å². The molecule has 7 N–H and O–H groups in total. The largest absolute Gasteiger partial charge is 0.399 e. The van der Waals surface area contributed by atoms with Gasteiger partial charge >= 0.3 is 15.2 Å². The molecule has 96 valence electrons. The van der Waals surface area contributed by atoms with Crippen molar-refractivity contribution in [3.8, 4) is 0 Å². The van der Waals surface area contributed by atoms with E-state index in [1.807, 2.05) is 0 Å². The smallest absolute Gasteiger partial charge is 0.374 e. The minimum atomic E-state index is -5.51. The van der Waals surface area contributed by atoms with Crippen molar-refractivity contribution < 1.29 is 33.8 Å². The highest BCUT2D eigenvalue weighted by Gasteiger charge is 2.60. The van der Waals surface area contributed by atoms with E-state index < -0.39 is 25.8 Å². The molecule has 0 spiro atoms. The van der Waals surface area contributed by atoms with Gasteiger partial charge in [-0.15, -0.1) is 0 Å². The van der Waals surface area contributed by atoms with Crippen LogP contribution in [0.3, 0.4) is 0 Å². The van der Waals surface area contributed by atoms with Crippen LogP contribution < -0.4 is 5.73 Å². The number of benzene rings is 1. The van der Waals surface area contributed by atoms with E-state index in [0.29, 0.717) is 0 Å². The summed E-state index contributed by atoms with van der Waals surface area (Å²) in [6, 6.07) is 4.40. The number of anilines is 1. The van der Waals surface area contributed by atoms with Crippen LogP contribution in [0.4, 0.5) is 5.69 Å². The first-order chi connectivity index (χ1) is 7.50. The van der Waals surface area contributed by atoms with Crippen molar-refractivity contribution >= 4 is 20.9 Å². The molecule has 17 heavy (non-hydrogen) atoms. The lowest BCUT2D eigenvalue weighted by Crippen LogP contribution is -2.25. The van der Waals surface area contributed by atoms with Gasteiger partial charge in [-0.3, -0.25) is 9.13 Å². The Bertz CT molecular complexity index is 497. The molecule has 0 aliphatic heterocycles. The maximum absolute atomic E-state index is 11.1. The van der Waals surface area contributed by atoms with Gasteiger partial charge in [0, 0.05) is 11.3 Å². The molecule has 0 aliphatic rings. The number of nitrogens with two attached hydrogens (primary N) is 1. The van der Waals surface area contributed by atoms with Gasteiger partial charge in [-0.25, -0.2) is 0 Å². The summed E-state index contributed by atoms with van der Waals surface area (Å²) in [7, 11) is -11.0. The topological polar surface area (TPSA) is 161 Å². The molecule has 10 heteroatoms. The SMILES string of the molecule is Nc1cccc(C(O)(P(=O)(O)O)P(=O)(O)O)c1. The second kappa shape index (κ2) is 4.19. The van der Waals surface area contributed by atoms with Crippen molar-refractivity contribution in [1.82, 2.24) is 0 Å². The Morgan fingerprint density at radius 2 is 1.53 bits per heavy atom. The van der Waals surface area contributed by atoms with Gasteiger partial charge in [0.25, 0.3) is 5.08 Å². The lowest BCUT2D eigenvalue weighted by molar-refractivity contribution is 0.131. The molecule has 0 unspecified atom stereocenters. The second-order valence-electron chi connectivity index (χ2n) is 3.35. The predicted octanol–water partition coefficient (Wildman–Crippen LogP) is -0.273. The fourth-order valence-electron chi connectivity index (χ4n) is 1.25. The summed E-state index contributed by atoms with van der Waals surface area (Å²) < 4.78 is 22.2. The summed E-state index contributed by atoms with van der Waals surface area (Å²) >= 11 is 0. The molecule has 1 aromatic rings. The van der Waals surface area contributed by atoms with E-state index in [-0.39, 0.29) is 5.69 Å². The Morgan fingerprint density at radius 1 is 1.06 bits per heavy atom. The highest BCUT2D eigenvalue weighted by molar-refractivity contribution is 7.71. The molecule has 8 nitrogen and oxygen atoms in total. The zero-order chi connectivity index (χ0) is 13.5. The Hall–Kier alpha value is -0.720. The van der Waals surface area contributed by atoms with Gasteiger partial charge < -0.3 is 30.4 Å². The maximum atomic E-state index is 11.1. The first kappa shape index (κ1) is 14.3. The molecule has 0 fully saturated rings. The summed E-state index contributed by atoms with van der Waals surface area (Å²) in [6.45, 7) is 0. The first-order valence-electron chi connectivity index (χ1n) is 4.20. The molecule has 0 radical (unpaired) electrons. The Labute approximate surface area is 96.0 Å². The quantitative estimate of drug-likeness (QED) is 0.326. The predicted molar refractivity (Wildman–Crippen MR) is 58.8 cm³/mol. The minimum Gasteiger partial charge on any atom is -0.399 e. The number of aliphatic hydroxyl groups is 1. The summed E-state index contributed by atoms with van der Waals surface area (Å²) in [6.07, 6.45) is 0. The third kappa shape index (κ3) is 2.43. The van der Waals surface area contributed by atoms with Crippen molar-refractivity contribution in [3.63, 3.8) is 0 Å². The zero-order valence-corrected chi connectivity index (χ0v) is 10.1. The summed E-state index contributed by atoms with van der Waals surface area (Å²) in [5, 5.41) is 6.11. The van der Waals surface area contributed by atoms with E-state index in [9.17, 15) is 14.2 Å². The van der Waals surface area contributed by atoms with Gasteiger partial charge in [-0.1, -0.05) is 12.1 Å². The van der Waals surface area contributed by atoms with E-state index in [1.165, 1.54) is 12.1 Å². The van der Waals surface area contributed by atoms with Crippen LogP contribution in [0.25, 0.3) is 0 Å². The molecule has 0 atom stereocenters. The third-order valence-corrected chi connectivity index (χ3v) is 5.79. The fraction of sp³-hybridized carbons (Fsp3) is 0.143. The van der Waals surface area contributed by atoms with Crippen molar-refractivity contribution in [2.75, 3.05) is 5.73 Å². The van der Waals surface area contributed by atoms with Crippen LogP contribution >= 0.6 is 15.2 Å². The van der Waals surface area contributed by atoms with Crippen molar-refractivity contribution in [1.29, 1.82) is 0 Å². The van der Waals surface area contributed by atoms with Crippen molar-refractivity contribution in [3.05, 3.63) is 29.8 Å². The van der Waals surface area contributed by atoms with Gasteiger partial charge in [0.1, 0.15) is 0 Å². The Morgan fingerprint density at radius 3 is 1.88 bits per heavy atom. The maximum Gasteiger partial charge on any atom is 0.374 e. The highest BCUT2D eigenvalue weighted by Crippen LogP contribution is 2.72. The van der Waals surface area contributed by atoms with Gasteiger partial charge in [0.05, 0.1) is 0 Å². The molecule has 1 rings (SSSR count). The van der Waals surface area contributed by atoms with Crippen molar-refractivity contribution in [2.24, 2.45) is 0 Å². The Balaban J connectivity index is 3.58. The van der Waals surface area contributed by atoms with Gasteiger partial charge in [0.2, 0.25) is 0 Å². The average molecular weight is 283 g/mol. The summed E-state index contributed by atoms with van der Waals surface area (Å²) in [4.78, 5) is 35.8. The number of rotatable bonds is 3. The van der Waals surface area contributed by atoms with E-state index in [1.54, 1.807) is 0 Å². The zero-order valence-electron chi connectivity index (χ0n) is 8.33. The van der Waals surface area contributed by atoms with Gasteiger partial charge in [-0.05, 0) is 12.1 Å². The van der Waals surface area contributed by atoms with Crippen molar-refractivity contribution in [2.45, 2.75) is 5.08 Å². The van der Waals surface area contributed by atoms with E-state index in [2.05, 4.69) is 0 Å². The normalized spacial score (nSPS) is 13.7. The third-order valence-electron chi connectivity index (χ3n) is 2.09. The van der Waals surface area contributed by atoms with Crippen LogP contribution in [-0.2, 0) is 14.2 Å². The molecular formula is C7H11NO7P2. The summed E-state index contributed by atoms with van der Waals surface area (Å²) in [5.41, 5.74) is 4.69. The van der Waals surface area contributed by atoms with Crippen LogP contribution in [0.5, 0.6) is 0 Å². The van der Waals surface area contributed by atoms with E-state index in [4.69, 9.17) is 25.3 Å². The number of hydrogen-bond donors (Lipinski definition) is 6. The fourth-order valence-corrected chi connectivity index (χ4v) is 3.56. The molecule has 1 aromatic carbocycles.